The molecule has 0 aromatic heterocycles. The number of fused-ring (bicyclic) bond motifs is 1. The fourth-order valence-corrected chi connectivity index (χ4v) is 5.96. The molecule has 186 valence electrons. The molecular weight excluding hydrogens is 444 g/mol. The lowest BCUT2D eigenvalue weighted by molar-refractivity contribution is -0.151. The largest absolute Gasteiger partial charge is 0.497 e. The maximum absolute atomic E-state index is 13.3. The van der Waals surface area contributed by atoms with E-state index in [0.717, 1.165) is 31.4 Å². The number of carbonyl (C=O) groups is 3. The summed E-state index contributed by atoms with van der Waals surface area (Å²) in [5.41, 5.74) is 1.92. The fourth-order valence-electron chi connectivity index (χ4n) is 5.96. The molecule has 0 bridgehead atoms. The number of hydrogen-bond acceptors (Lipinski definition) is 4. The number of anilines is 2. The third-order valence-corrected chi connectivity index (χ3v) is 7.99. The number of rotatable bonds is 7. The highest BCUT2D eigenvalue weighted by Crippen LogP contribution is 2.51. The van der Waals surface area contributed by atoms with E-state index in [4.69, 9.17) is 4.74 Å². The van der Waals surface area contributed by atoms with Gasteiger partial charge in [-0.1, -0.05) is 19.1 Å². The summed E-state index contributed by atoms with van der Waals surface area (Å²) in [6, 6.07) is 14.7. The average molecular weight is 479 g/mol. The first-order chi connectivity index (χ1) is 16.8. The van der Waals surface area contributed by atoms with Crippen LogP contribution in [0.1, 0.15) is 63.4 Å². The van der Waals surface area contributed by atoms with Gasteiger partial charge >= 0.3 is 12.0 Å². The van der Waals surface area contributed by atoms with E-state index >= 15 is 0 Å². The summed E-state index contributed by atoms with van der Waals surface area (Å²) in [6.45, 7) is 1.94. The predicted molar refractivity (Wildman–Crippen MR) is 135 cm³/mol. The van der Waals surface area contributed by atoms with Crippen molar-refractivity contribution in [1.82, 2.24) is 0 Å². The average Bonchev–Trinajstić information content (AvgIpc) is 2.86. The molecule has 35 heavy (non-hydrogen) atoms. The van der Waals surface area contributed by atoms with Gasteiger partial charge in [0, 0.05) is 22.7 Å². The minimum atomic E-state index is -0.876. The fraction of sp³-hybridized carbons (Fsp3) is 0.464. The molecule has 2 aliphatic carbocycles. The van der Waals surface area contributed by atoms with Gasteiger partial charge in [0.15, 0.2) is 0 Å². The Morgan fingerprint density at radius 2 is 1.63 bits per heavy atom. The van der Waals surface area contributed by atoms with E-state index in [-0.39, 0.29) is 24.2 Å². The van der Waals surface area contributed by atoms with Crippen LogP contribution in [0.4, 0.5) is 16.2 Å². The van der Waals surface area contributed by atoms with Gasteiger partial charge in [-0.15, -0.1) is 0 Å². The Balaban J connectivity index is 1.34. The van der Waals surface area contributed by atoms with Crippen molar-refractivity contribution in [2.45, 2.75) is 57.8 Å². The molecule has 0 saturated heterocycles. The van der Waals surface area contributed by atoms with Gasteiger partial charge in [-0.2, -0.15) is 0 Å². The van der Waals surface area contributed by atoms with Crippen LogP contribution in [0.5, 0.6) is 5.75 Å². The number of aliphatic carboxylic acids is 1. The van der Waals surface area contributed by atoms with Crippen LogP contribution in [0.2, 0.25) is 0 Å². The van der Waals surface area contributed by atoms with E-state index in [1.54, 1.807) is 31.4 Å². The molecule has 7 nitrogen and oxygen atoms in total. The van der Waals surface area contributed by atoms with Crippen LogP contribution < -0.4 is 15.4 Å². The summed E-state index contributed by atoms with van der Waals surface area (Å²) in [6.07, 6.45) is 4.84. The molecule has 7 heteroatoms. The number of benzene rings is 2. The Morgan fingerprint density at radius 3 is 2.20 bits per heavy atom. The summed E-state index contributed by atoms with van der Waals surface area (Å²) < 4.78 is 5.13. The second-order valence-corrected chi connectivity index (χ2v) is 9.91. The maximum Gasteiger partial charge on any atom is 0.323 e. The Bertz CT molecular complexity index is 1070. The molecule has 0 heterocycles. The van der Waals surface area contributed by atoms with Crippen molar-refractivity contribution in [2.75, 3.05) is 17.7 Å². The molecule has 4 atom stereocenters. The van der Waals surface area contributed by atoms with Crippen LogP contribution in [0.15, 0.2) is 48.5 Å². The number of carbonyl (C=O) groups excluding carboxylic acids is 2. The highest BCUT2D eigenvalue weighted by atomic mass is 16.5. The molecule has 3 N–H and O–H groups in total. The lowest BCUT2D eigenvalue weighted by atomic mass is 9.56. The zero-order valence-electron chi connectivity index (χ0n) is 20.4. The van der Waals surface area contributed by atoms with Gasteiger partial charge < -0.3 is 20.5 Å². The number of carboxylic acids is 1. The monoisotopic (exact) mass is 478 g/mol. The van der Waals surface area contributed by atoms with Crippen LogP contribution in [-0.2, 0) is 9.59 Å². The number of ketones is 1. The molecule has 2 amide bonds. The topological polar surface area (TPSA) is 105 Å². The Hall–Kier alpha value is -3.35. The van der Waals surface area contributed by atoms with Gasteiger partial charge in [0.1, 0.15) is 11.5 Å². The number of methoxy groups -OCH3 is 1. The predicted octanol–water partition coefficient (Wildman–Crippen LogP) is 6.07. The van der Waals surface area contributed by atoms with E-state index in [1.165, 1.54) is 5.56 Å². The standard InChI is InChI=1S/C28H34N2O5/c1-3-28(17-25(31)32)15-14-20-16-19(6-13-24(20)26(28)33)18-4-7-21(8-5-18)29-27(34)30-22-9-11-23(35-2)12-10-22/h4-5,7-12,19-20,24H,3,6,13-17H2,1-2H3,(H,31,32)(H2,29,30,34). The first kappa shape index (κ1) is 24.8. The molecular formula is C28H34N2O5. The van der Waals surface area contributed by atoms with Crippen molar-refractivity contribution < 1.29 is 24.2 Å². The summed E-state index contributed by atoms with van der Waals surface area (Å²) in [5.74, 6) is 0.714. The molecule has 2 fully saturated rings. The summed E-state index contributed by atoms with van der Waals surface area (Å²) in [7, 11) is 1.60. The van der Waals surface area contributed by atoms with Crippen LogP contribution in [0.25, 0.3) is 0 Å². The minimum Gasteiger partial charge on any atom is -0.497 e. The third kappa shape index (κ3) is 5.50. The number of Topliss-reactive ketones (excluding diaryl/α,β-unsaturated/α-hetero) is 1. The minimum absolute atomic E-state index is 0.0121. The van der Waals surface area contributed by atoms with Crippen LogP contribution in [-0.4, -0.2) is 30.0 Å². The van der Waals surface area contributed by atoms with E-state index < -0.39 is 11.4 Å². The molecule has 2 aromatic rings. The number of ether oxygens (including phenoxy) is 1. The summed E-state index contributed by atoms with van der Waals surface area (Å²) >= 11 is 0. The molecule has 2 aliphatic rings. The van der Waals surface area contributed by atoms with Crippen molar-refractivity contribution in [2.24, 2.45) is 17.3 Å². The molecule has 2 saturated carbocycles. The zero-order valence-corrected chi connectivity index (χ0v) is 20.4. The van der Waals surface area contributed by atoms with Crippen molar-refractivity contribution in [3.8, 4) is 5.75 Å². The lowest BCUT2D eigenvalue weighted by Gasteiger charge is -2.46. The van der Waals surface area contributed by atoms with Crippen molar-refractivity contribution >= 4 is 29.2 Å². The van der Waals surface area contributed by atoms with E-state index in [0.29, 0.717) is 36.1 Å². The highest BCUT2D eigenvalue weighted by Gasteiger charge is 2.50. The lowest BCUT2D eigenvalue weighted by Crippen LogP contribution is -2.46. The van der Waals surface area contributed by atoms with Crippen molar-refractivity contribution in [1.29, 1.82) is 0 Å². The number of hydrogen-bond donors (Lipinski definition) is 3. The maximum atomic E-state index is 13.3. The van der Waals surface area contributed by atoms with Gasteiger partial charge in [-0.05, 0) is 92.3 Å². The van der Waals surface area contributed by atoms with Crippen LogP contribution >= 0.6 is 0 Å². The summed E-state index contributed by atoms with van der Waals surface area (Å²) in [5, 5.41) is 15.0. The van der Waals surface area contributed by atoms with Gasteiger partial charge in [0.2, 0.25) is 0 Å². The first-order valence-electron chi connectivity index (χ1n) is 12.4. The molecule has 2 aromatic carbocycles. The molecule has 4 unspecified atom stereocenters. The Labute approximate surface area is 206 Å². The SMILES string of the molecule is CCC1(CC(=O)O)CCC2CC(c3ccc(NC(=O)Nc4ccc(OC)cc4)cc3)CCC2C1=O. The number of carboxylic acid groups (broad SMARTS) is 1. The molecule has 0 spiro atoms. The van der Waals surface area contributed by atoms with E-state index in [9.17, 15) is 19.5 Å². The zero-order chi connectivity index (χ0) is 25.0. The highest BCUT2D eigenvalue weighted by molar-refractivity contribution is 5.99. The van der Waals surface area contributed by atoms with Gasteiger partial charge in [-0.3, -0.25) is 9.59 Å². The van der Waals surface area contributed by atoms with E-state index in [2.05, 4.69) is 22.8 Å². The van der Waals surface area contributed by atoms with E-state index in [1.807, 2.05) is 19.1 Å². The molecule has 4 rings (SSSR count). The number of urea groups is 1. The van der Waals surface area contributed by atoms with Gasteiger partial charge in [-0.25, -0.2) is 4.79 Å². The number of nitrogens with one attached hydrogen (secondary N) is 2. The van der Waals surface area contributed by atoms with Crippen LogP contribution in [0.3, 0.4) is 0 Å². The second kappa shape index (κ2) is 10.5. The molecule has 0 radical (unpaired) electrons. The van der Waals surface area contributed by atoms with Crippen LogP contribution in [0, 0.1) is 17.3 Å². The Kier molecular flexibility index (Phi) is 7.43. The molecule has 0 aliphatic heterocycles. The first-order valence-corrected chi connectivity index (χ1v) is 12.4. The number of amides is 2. The normalized spacial score (nSPS) is 25.9. The second-order valence-electron chi connectivity index (χ2n) is 9.91. The third-order valence-electron chi connectivity index (χ3n) is 7.99. The Morgan fingerprint density at radius 1 is 1.00 bits per heavy atom. The quantitative estimate of drug-likeness (QED) is 0.448. The summed E-state index contributed by atoms with van der Waals surface area (Å²) in [4.78, 5) is 37.0. The van der Waals surface area contributed by atoms with Gasteiger partial charge in [0.25, 0.3) is 0 Å². The smallest absolute Gasteiger partial charge is 0.323 e. The van der Waals surface area contributed by atoms with Gasteiger partial charge in [0.05, 0.1) is 13.5 Å². The van der Waals surface area contributed by atoms with Crippen molar-refractivity contribution in [3.05, 3.63) is 54.1 Å². The van der Waals surface area contributed by atoms with Crippen molar-refractivity contribution in [3.63, 3.8) is 0 Å².